The summed E-state index contributed by atoms with van der Waals surface area (Å²) in [4.78, 5) is 10.7. The lowest BCUT2D eigenvalue weighted by Gasteiger charge is -2.23. The van der Waals surface area contributed by atoms with E-state index in [0.29, 0.717) is 5.57 Å². The maximum Gasteiger partial charge on any atom is 0.500 e. The van der Waals surface area contributed by atoms with Crippen LogP contribution in [0.15, 0.2) is 11.6 Å². The topological polar surface area (TPSA) is 70.8 Å². The van der Waals surface area contributed by atoms with E-state index in [-0.39, 0.29) is 5.91 Å². The summed E-state index contributed by atoms with van der Waals surface area (Å²) in [6, 6.07) is 0.721. The summed E-state index contributed by atoms with van der Waals surface area (Å²) < 4.78 is 15.8. The maximum atomic E-state index is 10.7. The highest BCUT2D eigenvalue weighted by molar-refractivity contribution is 6.60. The first kappa shape index (κ1) is 15.3. The Balaban J connectivity index is 4.06. The molecule has 0 spiro atoms. The molecular weight excluding hydrogens is 226 g/mol. The Hall–Kier alpha value is -0.693. The second kappa shape index (κ2) is 7.56. The third kappa shape index (κ3) is 4.89. The quantitative estimate of drug-likeness (QED) is 0.396. The van der Waals surface area contributed by atoms with Crippen LogP contribution in [0.25, 0.3) is 0 Å². The summed E-state index contributed by atoms with van der Waals surface area (Å²) in [5, 5.41) is 0. The van der Waals surface area contributed by atoms with Gasteiger partial charge in [-0.05, 0) is 19.8 Å². The second-order valence-corrected chi connectivity index (χ2v) is 6.53. The Bertz CT molecular complexity index is 243. The number of primary amides is 1. The van der Waals surface area contributed by atoms with Gasteiger partial charge in [0.25, 0.3) is 0 Å². The molecule has 94 valence electrons. The smallest absolute Gasteiger partial charge is 0.377 e. The van der Waals surface area contributed by atoms with Crippen LogP contribution in [0.2, 0.25) is 6.04 Å². The van der Waals surface area contributed by atoms with E-state index in [2.05, 4.69) is 0 Å². The van der Waals surface area contributed by atoms with Crippen LogP contribution < -0.4 is 5.73 Å². The van der Waals surface area contributed by atoms with Gasteiger partial charge in [-0.1, -0.05) is 6.08 Å². The van der Waals surface area contributed by atoms with Crippen LogP contribution in [0.4, 0.5) is 0 Å². The van der Waals surface area contributed by atoms with Gasteiger partial charge >= 0.3 is 8.80 Å². The standard InChI is InChI=1S/C10H21NO4Si/c1-9(10(11)12)7-5-6-8-16(13-2,14-3)15-4/h7H,5-6,8H2,1-4H3,(H2,11,12)/b9-7+. The normalized spacial score (nSPS) is 12.9. The van der Waals surface area contributed by atoms with E-state index in [1.54, 1.807) is 28.3 Å². The molecule has 0 aliphatic carbocycles. The molecule has 0 radical (unpaired) electrons. The first-order chi connectivity index (χ1) is 7.51. The van der Waals surface area contributed by atoms with Crippen molar-refractivity contribution in [3.05, 3.63) is 11.6 Å². The average molecular weight is 247 g/mol. The van der Waals surface area contributed by atoms with Crippen LogP contribution >= 0.6 is 0 Å². The third-order valence-electron chi connectivity index (χ3n) is 2.46. The predicted molar refractivity (Wildman–Crippen MR) is 63.8 cm³/mol. The number of allylic oxidation sites excluding steroid dienone is 1. The number of rotatable bonds is 8. The summed E-state index contributed by atoms with van der Waals surface area (Å²) >= 11 is 0. The van der Waals surface area contributed by atoms with Gasteiger partial charge in [-0.25, -0.2) is 0 Å². The molecule has 0 aromatic carbocycles. The number of hydrogen-bond donors (Lipinski definition) is 1. The summed E-state index contributed by atoms with van der Waals surface area (Å²) in [6.07, 6.45) is 3.43. The van der Waals surface area contributed by atoms with Gasteiger partial charge in [0.05, 0.1) is 0 Å². The number of unbranched alkanes of at least 4 members (excludes halogenated alkanes) is 1. The monoisotopic (exact) mass is 247 g/mol. The zero-order valence-corrected chi connectivity index (χ0v) is 11.4. The van der Waals surface area contributed by atoms with Crippen molar-refractivity contribution in [2.24, 2.45) is 5.73 Å². The molecule has 0 atom stereocenters. The SMILES string of the molecule is CO[Si](CCC/C=C(\C)C(N)=O)(OC)OC. The molecule has 16 heavy (non-hydrogen) atoms. The molecule has 0 unspecified atom stereocenters. The van der Waals surface area contributed by atoms with Crippen molar-refractivity contribution in [2.75, 3.05) is 21.3 Å². The molecule has 5 nitrogen and oxygen atoms in total. The van der Waals surface area contributed by atoms with E-state index in [0.717, 1.165) is 18.9 Å². The number of hydrogen-bond acceptors (Lipinski definition) is 4. The van der Waals surface area contributed by atoms with Gasteiger partial charge in [0.15, 0.2) is 0 Å². The number of carbonyl (C=O) groups excluding carboxylic acids is 1. The second-order valence-electron chi connectivity index (χ2n) is 3.44. The molecule has 6 heteroatoms. The fourth-order valence-electron chi connectivity index (χ4n) is 1.29. The van der Waals surface area contributed by atoms with E-state index in [9.17, 15) is 4.79 Å². The predicted octanol–water partition coefficient (Wildman–Crippen LogP) is 1.08. The van der Waals surface area contributed by atoms with E-state index >= 15 is 0 Å². The lowest BCUT2D eigenvalue weighted by atomic mass is 10.2. The van der Waals surface area contributed by atoms with E-state index < -0.39 is 8.80 Å². The molecule has 0 aromatic rings. The van der Waals surface area contributed by atoms with Gasteiger partial charge in [0, 0.05) is 32.9 Å². The largest absolute Gasteiger partial charge is 0.500 e. The molecular formula is C10H21NO4Si. The lowest BCUT2D eigenvalue weighted by Crippen LogP contribution is -2.42. The van der Waals surface area contributed by atoms with Crippen molar-refractivity contribution in [1.29, 1.82) is 0 Å². The van der Waals surface area contributed by atoms with Crippen molar-refractivity contribution in [2.45, 2.75) is 25.8 Å². The van der Waals surface area contributed by atoms with Crippen LogP contribution in [0.3, 0.4) is 0 Å². The molecule has 0 heterocycles. The van der Waals surface area contributed by atoms with E-state index in [1.807, 2.05) is 6.08 Å². The van der Waals surface area contributed by atoms with Crippen LogP contribution in [0, 0.1) is 0 Å². The summed E-state index contributed by atoms with van der Waals surface area (Å²) in [5.41, 5.74) is 5.69. The molecule has 0 rings (SSSR count). The Morgan fingerprint density at radius 1 is 1.25 bits per heavy atom. The zero-order valence-electron chi connectivity index (χ0n) is 10.4. The van der Waals surface area contributed by atoms with Crippen LogP contribution in [-0.2, 0) is 18.1 Å². The number of amides is 1. The molecule has 0 saturated heterocycles. The molecule has 0 saturated carbocycles. The van der Waals surface area contributed by atoms with Crippen molar-refractivity contribution < 1.29 is 18.1 Å². The Morgan fingerprint density at radius 2 is 1.75 bits per heavy atom. The van der Waals surface area contributed by atoms with Crippen molar-refractivity contribution in [3.8, 4) is 0 Å². The molecule has 1 amide bonds. The third-order valence-corrected chi connectivity index (χ3v) is 5.29. The molecule has 0 aromatic heterocycles. The van der Waals surface area contributed by atoms with Gasteiger partial charge in [-0.15, -0.1) is 0 Å². The zero-order chi connectivity index (χ0) is 12.6. The van der Waals surface area contributed by atoms with Crippen LogP contribution in [0.5, 0.6) is 0 Å². The molecule has 0 aliphatic rings. The minimum absolute atomic E-state index is 0.381. The molecule has 2 N–H and O–H groups in total. The van der Waals surface area contributed by atoms with Gasteiger partial charge in [0.1, 0.15) is 0 Å². The summed E-state index contributed by atoms with van der Waals surface area (Å²) in [5.74, 6) is -0.381. The van der Waals surface area contributed by atoms with Crippen molar-refractivity contribution in [3.63, 3.8) is 0 Å². The minimum atomic E-state index is -2.46. The van der Waals surface area contributed by atoms with Gasteiger partial charge < -0.3 is 19.0 Å². The van der Waals surface area contributed by atoms with E-state index in [1.165, 1.54) is 0 Å². The van der Waals surface area contributed by atoms with Gasteiger partial charge in [-0.2, -0.15) is 0 Å². The van der Waals surface area contributed by atoms with Crippen molar-refractivity contribution >= 4 is 14.7 Å². The highest BCUT2D eigenvalue weighted by atomic mass is 28.4. The Kier molecular flexibility index (Phi) is 7.23. The Labute approximate surface area is 97.9 Å². The lowest BCUT2D eigenvalue weighted by molar-refractivity contribution is -0.114. The average Bonchev–Trinajstić information content (AvgIpc) is 2.30. The maximum absolute atomic E-state index is 10.7. The molecule has 0 aliphatic heterocycles. The first-order valence-corrected chi connectivity index (χ1v) is 7.06. The van der Waals surface area contributed by atoms with Crippen LogP contribution in [0.1, 0.15) is 19.8 Å². The molecule has 0 bridgehead atoms. The van der Waals surface area contributed by atoms with Gasteiger partial charge in [-0.3, -0.25) is 4.79 Å². The fraction of sp³-hybridized carbons (Fsp3) is 0.700. The minimum Gasteiger partial charge on any atom is -0.377 e. The van der Waals surface area contributed by atoms with E-state index in [4.69, 9.17) is 19.0 Å². The van der Waals surface area contributed by atoms with Gasteiger partial charge in [0.2, 0.25) is 5.91 Å². The fourth-order valence-corrected chi connectivity index (χ4v) is 3.04. The summed E-state index contributed by atoms with van der Waals surface area (Å²) in [7, 11) is 2.30. The Morgan fingerprint density at radius 3 is 2.12 bits per heavy atom. The first-order valence-electron chi connectivity index (χ1n) is 5.13. The number of nitrogens with two attached hydrogens (primary N) is 1. The van der Waals surface area contributed by atoms with Crippen LogP contribution in [-0.4, -0.2) is 36.0 Å². The highest BCUT2D eigenvalue weighted by Crippen LogP contribution is 2.16. The molecule has 0 fully saturated rings. The highest BCUT2D eigenvalue weighted by Gasteiger charge is 2.36. The number of carbonyl (C=O) groups is 1. The van der Waals surface area contributed by atoms with Crippen molar-refractivity contribution in [1.82, 2.24) is 0 Å². The summed E-state index contributed by atoms with van der Waals surface area (Å²) in [6.45, 7) is 1.70.